The van der Waals surface area contributed by atoms with Crippen molar-refractivity contribution in [3.05, 3.63) is 59.1 Å². The summed E-state index contributed by atoms with van der Waals surface area (Å²) in [6.07, 6.45) is 0.0634. The Morgan fingerprint density at radius 3 is 2.26 bits per heavy atom. The topological polar surface area (TPSA) is 95.6 Å². The SMILES string of the molecule is CN(C)S(=O)(=O)c1ccc(NC(=O)CCNC(=O)c2ccccc2Cl)cc1. The maximum absolute atomic E-state index is 12.0. The van der Waals surface area contributed by atoms with Crippen LogP contribution in [0.4, 0.5) is 5.69 Å². The number of hydrogen-bond acceptors (Lipinski definition) is 4. The Balaban J connectivity index is 1.86. The number of anilines is 1. The number of benzene rings is 2. The summed E-state index contributed by atoms with van der Waals surface area (Å²) in [5, 5.41) is 5.62. The molecule has 2 aromatic rings. The van der Waals surface area contributed by atoms with Crippen molar-refractivity contribution in [2.45, 2.75) is 11.3 Å². The third-order valence-corrected chi connectivity index (χ3v) is 5.83. The van der Waals surface area contributed by atoms with Gasteiger partial charge in [0.1, 0.15) is 0 Å². The average Bonchev–Trinajstić information content (AvgIpc) is 2.62. The van der Waals surface area contributed by atoms with E-state index in [0.717, 1.165) is 4.31 Å². The maximum Gasteiger partial charge on any atom is 0.252 e. The van der Waals surface area contributed by atoms with Crippen molar-refractivity contribution in [2.24, 2.45) is 0 Å². The van der Waals surface area contributed by atoms with Crippen LogP contribution in [0.25, 0.3) is 0 Å². The summed E-state index contributed by atoms with van der Waals surface area (Å²) in [7, 11) is -0.621. The van der Waals surface area contributed by atoms with Gasteiger partial charge >= 0.3 is 0 Å². The number of rotatable bonds is 7. The molecule has 0 unspecified atom stereocenters. The van der Waals surface area contributed by atoms with Gasteiger partial charge in [0.15, 0.2) is 0 Å². The molecule has 2 amide bonds. The summed E-state index contributed by atoms with van der Waals surface area (Å²) in [5.41, 5.74) is 0.812. The van der Waals surface area contributed by atoms with E-state index in [9.17, 15) is 18.0 Å². The Morgan fingerprint density at radius 1 is 1.04 bits per heavy atom. The number of halogens is 1. The number of nitrogens with one attached hydrogen (secondary N) is 2. The van der Waals surface area contributed by atoms with Crippen LogP contribution in [0.3, 0.4) is 0 Å². The van der Waals surface area contributed by atoms with Crippen molar-refractivity contribution < 1.29 is 18.0 Å². The van der Waals surface area contributed by atoms with E-state index in [4.69, 9.17) is 11.6 Å². The van der Waals surface area contributed by atoms with Crippen LogP contribution in [-0.4, -0.2) is 45.2 Å². The smallest absolute Gasteiger partial charge is 0.252 e. The number of carbonyl (C=O) groups is 2. The van der Waals surface area contributed by atoms with Crippen LogP contribution < -0.4 is 10.6 Å². The molecule has 0 atom stereocenters. The number of hydrogen-bond donors (Lipinski definition) is 2. The standard InChI is InChI=1S/C18H20ClN3O4S/c1-22(2)27(25,26)14-9-7-13(8-10-14)21-17(23)11-12-20-18(24)15-5-3-4-6-16(15)19/h3-10H,11-12H2,1-2H3,(H,20,24)(H,21,23). The lowest BCUT2D eigenvalue weighted by atomic mass is 10.2. The minimum Gasteiger partial charge on any atom is -0.351 e. The van der Waals surface area contributed by atoms with Crippen LogP contribution in [-0.2, 0) is 14.8 Å². The first-order valence-corrected chi connectivity index (χ1v) is 9.89. The second kappa shape index (κ2) is 8.98. The van der Waals surface area contributed by atoms with Crippen molar-refractivity contribution in [3.8, 4) is 0 Å². The number of sulfonamides is 1. The predicted octanol–water partition coefficient (Wildman–Crippen LogP) is 2.35. The first-order valence-electron chi connectivity index (χ1n) is 8.07. The Labute approximate surface area is 163 Å². The monoisotopic (exact) mass is 409 g/mol. The summed E-state index contributed by atoms with van der Waals surface area (Å²) in [5.74, 6) is -0.663. The van der Waals surface area contributed by atoms with Crippen LogP contribution >= 0.6 is 11.6 Å². The van der Waals surface area contributed by atoms with Crippen LogP contribution in [0, 0.1) is 0 Å². The molecule has 0 fully saturated rings. The lowest BCUT2D eigenvalue weighted by molar-refractivity contribution is -0.116. The molecule has 0 saturated carbocycles. The molecule has 2 rings (SSSR count). The molecule has 144 valence electrons. The fraction of sp³-hybridized carbons (Fsp3) is 0.222. The van der Waals surface area contributed by atoms with Gasteiger partial charge in [0.25, 0.3) is 5.91 Å². The molecule has 0 bridgehead atoms. The molecular formula is C18H20ClN3O4S. The minimum atomic E-state index is -3.51. The molecule has 2 aromatic carbocycles. The van der Waals surface area contributed by atoms with Gasteiger partial charge < -0.3 is 10.6 Å². The lowest BCUT2D eigenvalue weighted by Crippen LogP contribution is -2.27. The quantitative estimate of drug-likeness (QED) is 0.733. The zero-order chi connectivity index (χ0) is 20.0. The van der Waals surface area contributed by atoms with Gasteiger partial charge in [-0.05, 0) is 36.4 Å². The zero-order valence-electron chi connectivity index (χ0n) is 14.9. The van der Waals surface area contributed by atoms with Gasteiger partial charge in [-0.25, -0.2) is 12.7 Å². The van der Waals surface area contributed by atoms with Gasteiger partial charge in [-0.1, -0.05) is 23.7 Å². The summed E-state index contributed by atoms with van der Waals surface area (Å²) in [6, 6.07) is 12.5. The first kappa shape index (κ1) is 20.9. The van der Waals surface area contributed by atoms with Crippen molar-refractivity contribution >= 4 is 39.1 Å². The van der Waals surface area contributed by atoms with E-state index in [-0.39, 0.29) is 29.7 Å². The first-order chi connectivity index (χ1) is 12.7. The molecule has 0 aliphatic carbocycles. The number of amides is 2. The second-order valence-corrected chi connectivity index (χ2v) is 8.40. The third-order valence-electron chi connectivity index (χ3n) is 3.67. The van der Waals surface area contributed by atoms with E-state index in [1.165, 1.54) is 38.4 Å². The van der Waals surface area contributed by atoms with Crippen molar-refractivity contribution in [3.63, 3.8) is 0 Å². The van der Waals surface area contributed by atoms with E-state index < -0.39 is 10.0 Å². The number of carbonyl (C=O) groups excluding carboxylic acids is 2. The summed E-state index contributed by atoms with van der Waals surface area (Å²) < 4.78 is 25.1. The van der Waals surface area contributed by atoms with Crippen molar-refractivity contribution in [1.29, 1.82) is 0 Å². The molecular weight excluding hydrogens is 390 g/mol. The largest absolute Gasteiger partial charge is 0.351 e. The van der Waals surface area contributed by atoms with E-state index >= 15 is 0 Å². The fourth-order valence-electron chi connectivity index (χ4n) is 2.17. The fourth-order valence-corrected chi connectivity index (χ4v) is 3.30. The molecule has 0 aliphatic heterocycles. The highest BCUT2D eigenvalue weighted by atomic mass is 35.5. The van der Waals surface area contributed by atoms with Crippen LogP contribution in [0.15, 0.2) is 53.4 Å². The van der Waals surface area contributed by atoms with Gasteiger partial charge in [-0.15, -0.1) is 0 Å². The Hall–Kier alpha value is -2.42. The van der Waals surface area contributed by atoms with Gasteiger partial charge in [0.05, 0.1) is 15.5 Å². The Kier molecular flexibility index (Phi) is 6.95. The van der Waals surface area contributed by atoms with Crippen LogP contribution in [0.5, 0.6) is 0 Å². The Bertz CT molecular complexity index is 928. The summed E-state index contributed by atoms with van der Waals surface area (Å²) in [4.78, 5) is 24.1. The highest BCUT2D eigenvalue weighted by Crippen LogP contribution is 2.17. The maximum atomic E-state index is 12.0. The van der Waals surface area contributed by atoms with E-state index in [2.05, 4.69) is 10.6 Å². The Morgan fingerprint density at radius 2 is 1.67 bits per heavy atom. The molecule has 0 radical (unpaired) electrons. The molecule has 0 heterocycles. The van der Waals surface area contributed by atoms with E-state index in [1.807, 2.05) is 0 Å². The lowest BCUT2D eigenvalue weighted by Gasteiger charge is -2.12. The summed E-state index contributed by atoms with van der Waals surface area (Å²) >= 11 is 5.95. The molecule has 9 heteroatoms. The highest BCUT2D eigenvalue weighted by Gasteiger charge is 2.16. The zero-order valence-corrected chi connectivity index (χ0v) is 16.5. The van der Waals surface area contributed by atoms with Crippen LogP contribution in [0.2, 0.25) is 5.02 Å². The van der Waals surface area contributed by atoms with E-state index in [1.54, 1.807) is 24.3 Å². The molecule has 0 spiro atoms. The summed E-state index contributed by atoms with van der Waals surface area (Å²) in [6.45, 7) is 0.142. The molecule has 2 N–H and O–H groups in total. The normalized spacial score (nSPS) is 11.3. The van der Waals surface area contributed by atoms with E-state index in [0.29, 0.717) is 16.3 Å². The molecule has 0 saturated heterocycles. The van der Waals surface area contributed by atoms with Crippen LogP contribution in [0.1, 0.15) is 16.8 Å². The van der Waals surface area contributed by atoms with Gasteiger partial charge in [0.2, 0.25) is 15.9 Å². The predicted molar refractivity (Wildman–Crippen MR) is 104 cm³/mol. The second-order valence-electron chi connectivity index (χ2n) is 5.85. The minimum absolute atomic E-state index is 0.0634. The third kappa shape index (κ3) is 5.53. The average molecular weight is 410 g/mol. The van der Waals surface area contributed by atoms with Gasteiger partial charge in [-0.3, -0.25) is 9.59 Å². The molecule has 0 aromatic heterocycles. The van der Waals surface area contributed by atoms with Crippen molar-refractivity contribution in [2.75, 3.05) is 26.0 Å². The molecule has 0 aliphatic rings. The highest BCUT2D eigenvalue weighted by molar-refractivity contribution is 7.89. The van der Waals surface area contributed by atoms with Gasteiger partial charge in [-0.2, -0.15) is 0 Å². The van der Waals surface area contributed by atoms with Crippen molar-refractivity contribution in [1.82, 2.24) is 9.62 Å². The van der Waals surface area contributed by atoms with Gasteiger partial charge in [0, 0.05) is 32.7 Å². The molecule has 27 heavy (non-hydrogen) atoms. The number of nitrogens with zero attached hydrogens (tertiary/aromatic N) is 1. The molecule has 7 nitrogen and oxygen atoms in total.